The van der Waals surface area contributed by atoms with Crippen molar-refractivity contribution in [3.8, 4) is 0 Å². The zero-order chi connectivity index (χ0) is 37.1. The van der Waals surface area contributed by atoms with Crippen LogP contribution in [-0.4, -0.2) is 84.8 Å². The Hall–Kier alpha value is -4.60. The molecule has 14 nitrogen and oxygen atoms in total. The molecule has 5 aromatic heterocycles. The number of hydrogen-bond donors (Lipinski definition) is 3. The van der Waals surface area contributed by atoms with Gasteiger partial charge < -0.3 is 30.7 Å². The fraction of sp³-hybridized carbons (Fsp3) is 0.526. The minimum atomic E-state index is -0.557. The molecule has 0 atom stereocenters. The van der Waals surface area contributed by atoms with Gasteiger partial charge in [0.05, 0.1) is 57.4 Å². The molecule has 0 aliphatic carbocycles. The Bertz CT molecular complexity index is 1980. The lowest BCUT2D eigenvalue weighted by Crippen LogP contribution is -2.34. The maximum absolute atomic E-state index is 14.9. The van der Waals surface area contributed by atoms with Crippen LogP contribution in [0.1, 0.15) is 95.2 Å². The average Bonchev–Trinajstić information content (AvgIpc) is 3.95. The number of pyridine rings is 2. The molecule has 0 spiro atoms. The fourth-order valence-corrected chi connectivity index (χ4v) is 8.31. The highest BCUT2D eigenvalue weighted by Crippen LogP contribution is 2.36. The summed E-state index contributed by atoms with van der Waals surface area (Å²) >= 11 is 1.12. The van der Waals surface area contributed by atoms with Gasteiger partial charge in [0.1, 0.15) is 0 Å². The van der Waals surface area contributed by atoms with Gasteiger partial charge in [-0.15, -0.1) is 11.3 Å². The average molecular weight is 743 g/mol. The molecular formula is C38H50N10O4S. The van der Waals surface area contributed by atoms with E-state index >= 15 is 0 Å². The van der Waals surface area contributed by atoms with Crippen LogP contribution < -0.4 is 16.4 Å². The van der Waals surface area contributed by atoms with Gasteiger partial charge in [-0.25, -0.2) is 19.3 Å². The van der Waals surface area contributed by atoms with E-state index in [1.165, 1.54) is 0 Å². The number of primary amides is 1. The SMILES string of the molecule is CCc1nc2c(cnn2CC)c(NC2CCOCC2)c1CN(Cc1c(CC)nc2c(cnn2CC)c1NC1CCOCC1)C(=O)c1ccc(C(N)=O)s1. The first kappa shape index (κ1) is 36.7. The molecule has 2 amide bonds. The second-order valence-electron chi connectivity index (χ2n) is 13.7. The van der Waals surface area contributed by atoms with E-state index < -0.39 is 5.91 Å². The van der Waals surface area contributed by atoms with E-state index in [2.05, 4.69) is 38.3 Å². The second-order valence-corrected chi connectivity index (χ2v) is 14.8. The molecular weight excluding hydrogens is 693 g/mol. The summed E-state index contributed by atoms with van der Waals surface area (Å²) < 4.78 is 15.2. The normalized spacial score (nSPS) is 15.7. The summed E-state index contributed by atoms with van der Waals surface area (Å²) in [6.45, 7) is 13.0. The van der Waals surface area contributed by atoms with E-state index in [9.17, 15) is 9.59 Å². The summed E-state index contributed by atoms with van der Waals surface area (Å²) in [7, 11) is 0. The number of thiophene rings is 1. The molecule has 2 saturated heterocycles. The van der Waals surface area contributed by atoms with Crippen molar-refractivity contribution in [2.24, 2.45) is 5.73 Å². The van der Waals surface area contributed by atoms with Gasteiger partial charge >= 0.3 is 0 Å². The number of anilines is 2. The minimum Gasteiger partial charge on any atom is -0.381 e. The highest BCUT2D eigenvalue weighted by Gasteiger charge is 2.29. The Morgan fingerprint density at radius 1 is 0.774 bits per heavy atom. The quantitative estimate of drug-likeness (QED) is 0.132. The van der Waals surface area contributed by atoms with Crippen LogP contribution in [0.25, 0.3) is 22.1 Å². The summed E-state index contributed by atoms with van der Waals surface area (Å²) in [5, 5.41) is 19.0. The zero-order valence-corrected chi connectivity index (χ0v) is 31.9. The number of fused-ring (bicyclic) bond motifs is 2. The standard InChI is InChI=1S/C38H50N10O4S/c1-5-29-27(33(42-23-11-15-51-16-12-23)25-19-40-47(7-3)36(25)44-29)21-46(38(50)32-10-9-31(53-32)35(39)49)22-28-30(6-2)45-37-26(20-41-48(37)8-4)34(28)43-24-13-17-52-18-14-24/h9-10,19-20,23-24H,5-8,11-18,21-22H2,1-4H3,(H2,39,49)(H,42,44)(H,43,45). The number of carbonyl (C=O) groups is 2. The number of nitrogens with one attached hydrogen (secondary N) is 2. The fourth-order valence-electron chi connectivity index (χ4n) is 7.48. The third-order valence-corrected chi connectivity index (χ3v) is 11.5. The molecule has 2 fully saturated rings. The summed E-state index contributed by atoms with van der Waals surface area (Å²) in [4.78, 5) is 40.0. The molecule has 4 N–H and O–H groups in total. The van der Waals surface area contributed by atoms with Crippen molar-refractivity contribution in [3.05, 3.63) is 56.8 Å². The Kier molecular flexibility index (Phi) is 11.2. The van der Waals surface area contributed by atoms with Gasteiger partial charge in [0.2, 0.25) is 0 Å². The molecule has 2 aliphatic rings. The molecule has 15 heteroatoms. The van der Waals surface area contributed by atoms with E-state index in [0.717, 1.165) is 93.0 Å². The van der Waals surface area contributed by atoms with Gasteiger partial charge in [-0.2, -0.15) is 10.2 Å². The Balaban J connectivity index is 1.39. The molecule has 2 aliphatic heterocycles. The molecule has 0 aromatic carbocycles. The molecule has 7 heterocycles. The van der Waals surface area contributed by atoms with Gasteiger partial charge in [0.25, 0.3) is 11.8 Å². The number of hydrogen-bond acceptors (Lipinski definition) is 11. The van der Waals surface area contributed by atoms with Gasteiger partial charge in [-0.05, 0) is 64.5 Å². The summed E-state index contributed by atoms with van der Waals surface area (Å²) in [6.07, 6.45) is 8.59. The van der Waals surface area contributed by atoms with E-state index in [0.29, 0.717) is 62.1 Å². The van der Waals surface area contributed by atoms with Crippen LogP contribution in [0.5, 0.6) is 0 Å². The lowest BCUT2D eigenvalue weighted by Gasteiger charge is -2.31. The number of carbonyl (C=O) groups excluding carboxylic acids is 2. The lowest BCUT2D eigenvalue weighted by molar-refractivity contribution is 0.0734. The maximum Gasteiger partial charge on any atom is 0.264 e. The van der Waals surface area contributed by atoms with Gasteiger partial charge in [0.15, 0.2) is 11.3 Å². The third kappa shape index (κ3) is 7.47. The van der Waals surface area contributed by atoms with Crippen LogP contribution in [0.15, 0.2) is 24.5 Å². The van der Waals surface area contributed by atoms with Crippen molar-refractivity contribution in [1.82, 2.24) is 34.4 Å². The van der Waals surface area contributed by atoms with Crippen LogP contribution in [0.3, 0.4) is 0 Å². The van der Waals surface area contributed by atoms with Crippen LogP contribution in [-0.2, 0) is 48.5 Å². The van der Waals surface area contributed by atoms with Crippen LogP contribution >= 0.6 is 11.3 Å². The van der Waals surface area contributed by atoms with Gasteiger partial charge in [0, 0.05) is 74.1 Å². The number of aromatic nitrogens is 6. The van der Waals surface area contributed by atoms with Gasteiger partial charge in [-0.1, -0.05) is 13.8 Å². The molecule has 53 heavy (non-hydrogen) atoms. The first-order valence-electron chi connectivity index (χ1n) is 18.9. The van der Waals surface area contributed by atoms with E-state index in [4.69, 9.17) is 35.4 Å². The largest absolute Gasteiger partial charge is 0.381 e. The first-order valence-corrected chi connectivity index (χ1v) is 19.8. The Morgan fingerprint density at radius 3 is 1.62 bits per heavy atom. The molecule has 282 valence electrons. The van der Waals surface area contributed by atoms with Crippen molar-refractivity contribution >= 4 is 56.6 Å². The summed E-state index contributed by atoms with van der Waals surface area (Å²) in [5.41, 5.74) is 12.9. The Labute approximate surface area is 313 Å². The van der Waals surface area contributed by atoms with Crippen LogP contribution in [0.4, 0.5) is 11.4 Å². The second kappa shape index (κ2) is 16.2. The Morgan fingerprint density at radius 2 is 1.23 bits per heavy atom. The smallest absolute Gasteiger partial charge is 0.264 e. The number of amides is 2. The zero-order valence-electron chi connectivity index (χ0n) is 31.1. The van der Waals surface area contributed by atoms with Gasteiger partial charge in [-0.3, -0.25) is 9.59 Å². The van der Waals surface area contributed by atoms with E-state index in [-0.39, 0.29) is 31.1 Å². The monoisotopic (exact) mass is 742 g/mol. The molecule has 5 aromatic rings. The molecule has 0 radical (unpaired) electrons. The van der Waals surface area contributed by atoms with Crippen molar-refractivity contribution < 1.29 is 19.1 Å². The lowest BCUT2D eigenvalue weighted by atomic mass is 10.0. The van der Waals surface area contributed by atoms with Crippen LogP contribution in [0, 0.1) is 0 Å². The third-order valence-electron chi connectivity index (χ3n) is 10.4. The molecule has 0 bridgehead atoms. The number of rotatable bonds is 14. The topological polar surface area (TPSA) is 167 Å². The molecule has 7 rings (SSSR count). The van der Waals surface area contributed by atoms with Crippen molar-refractivity contribution in [3.63, 3.8) is 0 Å². The predicted octanol–water partition coefficient (Wildman–Crippen LogP) is 5.53. The van der Waals surface area contributed by atoms with E-state index in [1.807, 2.05) is 26.7 Å². The summed E-state index contributed by atoms with van der Waals surface area (Å²) in [5.74, 6) is -0.757. The molecule has 0 unspecified atom stereocenters. The predicted molar refractivity (Wildman–Crippen MR) is 207 cm³/mol. The number of nitrogens with zero attached hydrogens (tertiary/aromatic N) is 7. The minimum absolute atomic E-state index is 0.200. The maximum atomic E-state index is 14.9. The summed E-state index contributed by atoms with van der Waals surface area (Å²) in [6, 6.07) is 3.73. The van der Waals surface area contributed by atoms with Crippen molar-refractivity contribution in [2.45, 2.75) is 104 Å². The first-order chi connectivity index (χ1) is 25.8. The van der Waals surface area contributed by atoms with E-state index in [1.54, 1.807) is 12.1 Å². The number of aryl methyl sites for hydroxylation is 4. The number of ether oxygens (including phenoxy) is 2. The highest BCUT2D eigenvalue weighted by atomic mass is 32.1. The molecule has 0 saturated carbocycles. The van der Waals surface area contributed by atoms with Crippen LogP contribution in [0.2, 0.25) is 0 Å². The highest BCUT2D eigenvalue weighted by molar-refractivity contribution is 7.15. The van der Waals surface area contributed by atoms with Crippen molar-refractivity contribution in [2.75, 3.05) is 37.1 Å². The number of nitrogens with two attached hydrogens (primary N) is 1. The van der Waals surface area contributed by atoms with Crippen molar-refractivity contribution in [1.29, 1.82) is 0 Å².